The van der Waals surface area contributed by atoms with E-state index >= 15 is 0 Å². The molecule has 0 aromatic heterocycles. The number of nitrogens with zero attached hydrogens (tertiary/aromatic N) is 1. The molecule has 1 N–H and O–H groups in total. The monoisotopic (exact) mass is 466 g/mol. The highest BCUT2D eigenvalue weighted by Gasteiger charge is 2.29. The van der Waals surface area contributed by atoms with Gasteiger partial charge in [-0.2, -0.15) is 0 Å². The molecule has 0 heterocycles. The van der Waals surface area contributed by atoms with Crippen molar-refractivity contribution < 1.29 is 17.9 Å². The Hall–Kier alpha value is -3.32. The van der Waals surface area contributed by atoms with Crippen LogP contribution in [0.15, 0.2) is 83.8 Å². The second-order valence-electron chi connectivity index (χ2n) is 7.61. The SMILES string of the molecule is CCc1ccccc1N(CC(=O)N[C@H](CC)c1ccc(OC)cc1)S(=O)(=O)c1ccccc1. The summed E-state index contributed by atoms with van der Waals surface area (Å²) in [6, 6.07) is 22.7. The highest BCUT2D eigenvalue weighted by molar-refractivity contribution is 7.92. The van der Waals surface area contributed by atoms with Crippen molar-refractivity contribution in [3.8, 4) is 5.75 Å². The second kappa shape index (κ2) is 11.0. The Labute approximate surface area is 196 Å². The van der Waals surface area contributed by atoms with E-state index in [9.17, 15) is 13.2 Å². The number of methoxy groups -OCH3 is 1. The van der Waals surface area contributed by atoms with Crippen molar-refractivity contribution in [2.45, 2.75) is 37.6 Å². The zero-order chi connectivity index (χ0) is 23.8. The van der Waals surface area contributed by atoms with Gasteiger partial charge in [0, 0.05) is 0 Å². The molecule has 0 aliphatic rings. The lowest BCUT2D eigenvalue weighted by molar-refractivity contribution is -0.120. The van der Waals surface area contributed by atoms with Crippen molar-refractivity contribution in [1.82, 2.24) is 5.32 Å². The normalized spacial score (nSPS) is 12.1. The number of hydrogen-bond acceptors (Lipinski definition) is 4. The van der Waals surface area contributed by atoms with E-state index in [0.29, 0.717) is 18.5 Å². The molecule has 6 nitrogen and oxygen atoms in total. The first kappa shape index (κ1) is 24.3. The van der Waals surface area contributed by atoms with Crippen LogP contribution in [0.3, 0.4) is 0 Å². The molecule has 0 aliphatic heterocycles. The molecular weight excluding hydrogens is 436 g/mol. The maximum atomic E-state index is 13.6. The van der Waals surface area contributed by atoms with Crippen LogP contribution in [0.5, 0.6) is 5.75 Å². The van der Waals surface area contributed by atoms with Crippen LogP contribution in [0.4, 0.5) is 5.69 Å². The minimum absolute atomic E-state index is 0.144. The molecule has 0 unspecified atom stereocenters. The van der Waals surface area contributed by atoms with Gasteiger partial charge in [0.05, 0.1) is 23.7 Å². The van der Waals surface area contributed by atoms with Gasteiger partial charge in [-0.05, 0) is 54.3 Å². The van der Waals surface area contributed by atoms with E-state index < -0.39 is 10.0 Å². The van der Waals surface area contributed by atoms with Gasteiger partial charge in [-0.3, -0.25) is 9.10 Å². The van der Waals surface area contributed by atoms with E-state index in [0.717, 1.165) is 16.9 Å². The predicted octanol–water partition coefficient (Wildman–Crippen LogP) is 4.72. The number of anilines is 1. The Morgan fingerprint density at radius 3 is 2.18 bits per heavy atom. The maximum absolute atomic E-state index is 13.6. The van der Waals surface area contributed by atoms with E-state index in [1.54, 1.807) is 49.6 Å². The summed E-state index contributed by atoms with van der Waals surface area (Å²) in [6.07, 6.45) is 1.30. The average Bonchev–Trinajstić information content (AvgIpc) is 2.86. The summed E-state index contributed by atoms with van der Waals surface area (Å²) in [6.45, 7) is 3.62. The van der Waals surface area contributed by atoms with Crippen molar-refractivity contribution in [2.75, 3.05) is 18.0 Å². The van der Waals surface area contributed by atoms with Crippen LogP contribution in [0.2, 0.25) is 0 Å². The van der Waals surface area contributed by atoms with Crippen molar-refractivity contribution >= 4 is 21.6 Å². The number of carbonyl (C=O) groups excluding carboxylic acids is 1. The number of para-hydroxylation sites is 1. The first-order chi connectivity index (χ1) is 15.9. The molecule has 0 bridgehead atoms. The number of rotatable bonds is 10. The highest BCUT2D eigenvalue weighted by Crippen LogP contribution is 2.28. The number of hydrogen-bond donors (Lipinski definition) is 1. The van der Waals surface area contributed by atoms with Gasteiger partial charge in [-0.25, -0.2) is 8.42 Å². The fourth-order valence-corrected chi connectivity index (χ4v) is 5.18. The highest BCUT2D eigenvalue weighted by atomic mass is 32.2. The smallest absolute Gasteiger partial charge is 0.264 e. The van der Waals surface area contributed by atoms with Crippen LogP contribution in [-0.4, -0.2) is 28.0 Å². The van der Waals surface area contributed by atoms with Gasteiger partial charge in [-0.15, -0.1) is 0 Å². The molecule has 0 spiro atoms. The molecule has 0 saturated carbocycles. The molecular formula is C26H30N2O4S. The predicted molar refractivity (Wildman–Crippen MR) is 131 cm³/mol. The molecule has 174 valence electrons. The summed E-state index contributed by atoms with van der Waals surface area (Å²) < 4.78 is 33.5. The lowest BCUT2D eigenvalue weighted by Gasteiger charge is -2.27. The van der Waals surface area contributed by atoms with Crippen molar-refractivity contribution in [1.29, 1.82) is 0 Å². The van der Waals surface area contributed by atoms with Gasteiger partial charge in [0.25, 0.3) is 10.0 Å². The zero-order valence-corrected chi connectivity index (χ0v) is 20.0. The summed E-state index contributed by atoms with van der Waals surface area (Å²) in [5.41, 5.74) is 2.29. The van der Waals surface area contributed by atoms with Crippen LogP contribution >= 0.6 is 0 Å². The van der Waals surface area contributed by atoms with E-state index in [2.05, 4.69) is 5.32 Å². The number of nitrogens with one attached hydrogen (secondary N) is 1. The minimum Gasteiger partial charge on any atom is -0.497 e. The lowest BCUT2D eigenvalue weighted by atomic mass is 10.0. The number of benzene rings is 3. The Bertz CT molecular complexity index is 1160. The third-order valence-corrected chi connectivity index (χ3v) is 7.30. The summed E-state index contributed by atoms with van der Waals surface area (Å²) >= 11 is 0. The Balaban J connectivity index is 1.91. The number of amides is 1. The fourth-order valence-electron chi connectivity index (χ4n) is 3.70. The number of sulfonamides is 1. The molecule has 0 radical (unpaired) electrons. The number of aryl methyl sites for hydroxylation is 1. The van der Waals surface area contributed by atoms with E-state index in [4.69, 9.17) is 4.74 Å². The quantitative estimate of drug-likeness (QED) is 0.469. The van der Waals surface area contributed by atoms with Gasteiger partial charge in [0.2, 0.25) is 5.91 Å². The topological polar surface area (TPSA) is 75.7 Å². The third kappa shape index (κ3) is 5.73. The van der Waals surface area contributed by atoms with Gasteiger partial charge < -0.3 is 10.1 Å². The van der Waals surface area contributed by atoms with E-state index in [1.165, 1.54) is 4.31 Å². The molecule has 0 fully saturated rings. The molecule has 33 heavy (non-hydrogen) atoms. The zero-order valence-electron chi connectivity index (χ0n) is 19.2. The fraction of sp³-hybridized carbons (Fsp3) is 0.269. The molecule has 0 aliphatic carbocycles. The standard InChI is InChI=1S/C26H30N2O4S/c1-4-20-11-9-10-14-25(20)28(33(30,31)23-12-7-6-8-13-23)19-26(29)27-24(5-2)21-15-17-22(32-3)18-16-21/h6-18,24H,4-5,19H2,1-3H3,(H,27,29)/t24-/m1/s1. The lowest BCUT2D eigenvalue weighted by Crippen LogP contribution is -2.42. The molecule has 3 aromatic rings. The average molecular weight is 467 g/mol. The summed E-state index contributed by atoms with van der Waals surface area (Å²) in [5.74, 6) is 0.360. The van der Waals surface area contributed by atoms with Crippen LogP contribution in [0.25, 0.3) is 0 Å². The second-order valence-corrected chi connectivity index (χ2v) is 9.47. The maximum Gasteiger partial charge on any atom is 0.264 e. The van der Waals surface area contributed by atoms with Gasteiger partial charge in [0.1, 0.15) is 12.3 Å². The Kier molecular flexibility index (Phi) is 8.11. The molecule has 3 rings (SSSR count). The first-order valence-corrected chi connectivity index (χ1v) is 12.4. The van der Waals surface area contributed by atoms with E-state index in [1.807, 2.05) is 50.2 Å². The van der Waals surface area contributed by atoms with Gasteiger partial charge in [-0.1, -0.05) is 62.4 Å². The summed E-state index contributed by atoms with van der Waals surface area (Å²) in [5, 5.41) is 3.00. The van der Waals surface area contributed by atoms with Crippen LogP contribution < -0.4 is 14.4 Å². The van der Waals surface area contributed by atoms with Crippen LogP contribution in [0.1, 0.15) is 37.4 Å². The van der Waals surface area contributed by atoms with Crippen LogP contribution in [0, 0.1) is 0 Å². The number of carbonyl (C=O) groups is 1. The molecule has 3 aromatic carbocycles. The van der Waals surface area contributed by atoms with Crippen molar-refractivity contribution in [3.05, 3.63) is 90.0 Å². The Morgan fingerprint density at radius 2 is 1.58 bits per heavy atom. The van der Waals surface area contributed by atoms with Gasteiger partial charge >= 0.3 is 0 Å². The molecule has 0 saturated heterocycles. The summed E-state index contributed by atoms with van der Waals surface area (Å²) in [7, 11) is -2.34. The van der Waals surface area contributed by atoms with E-state index in [-0.39, 0.29) is 23.4 Å². The Morgan fingerprint density at radius 1 is 0.939 bits per heavy atom. The largest absolute Gasteiger partial charge is 0.497 e. The van der Waals surface area contributed by atoms with Crippen molar-refractivity contribution in [3.63, 3.8) is 0 Å². The van der Waals surface area contributed by atoms with Crippen LogP contribution in [-0.2, 0) is 21.2 Å². The number of ether oxygens (including phenoxy) is 1. The molecule has 1 atom stereocenters. The molecule has 1 amide bonds. The molecule has 7 heteroatoms. The minimum atomic E-state index is -3.94. The summed E-state index contributed by atoms with van der Waals surface area (Å²) in [4.78, 5) is 13.3. The van der Waals surface area contributed by atoms with Crippen molar-refractivity contribution in [2.24, 2.45) is 0 Å². The van der Waals surface area contributed by atoms with Gasteiger partial charge in [0.15, 0.2) is 0 Å². The third-order valence-electron chi connectivity index (χ3n) is 5.52. The first-order valence-electron chi connectivity index (χ1n) is 11.0.